The minimum atomic E-state index is -0.484. The standard InChI is InChI=1S/C38H54N4O6/c1-7-8-9-10-17-42-26-32(30-11-16-39-24-31(30)36(42)43)27-22-34(45-5)33(35(23-27)46-6)25-40-18-12-28(13-19-40)47-29-14-20-41(21-15-29)37(44)48-38(2,3)4/h11,16,22-24,26,28-29H,7-10,12-15,17-21,25H2,1-6H3. The topological polar surface area (TPSA) is 95.4 Å². The lowest BCUT2D eigenvalue weighted by Crippen LogP contribution is -2.45. The smallest absolute Gasteiger partial charge is 0.410 e. The number of hydrogen-bond donors (Lipinski definition) is 0. The van der Waals surface area contributed by atoms with Crippen LogP contribution in [0.1, 0.15) is 84.6 Å². The molecule has 1 aromatic carbocycles. The van der Waals surface area contributed by atoms with Crippen LogP contribution in [0.4, 0.5) is 4.79 Å². The Balaban J connectivity index is 1.24. The molecule has 4 heterocycles. The molecule has 2 aliphatic rings. The van der Waals surface area contributed by atoms with Crippen molar-refractivity contribution >= 4 is 16.9 Å². The fourth-order valence-electron chi connectivity index (χ4n) is 6.84. The van der Waals surface area contributed by atoms with E-state index in [0.717, 1.165) is 98.0 Å². The zero-order chi connectivity index (χ0) is 34.3. The molecule has 10 heteroatoms. The second-order valence-electron chi connectivity index (χ2n) is 14.2. The number of pyridine rings is 2. The first-order valence-corrected chi connectivity index (χ1v) is 17.7. The highest BCUT2D eigenvalue weighted by Crippen LogP contribution is 2.38. The normalized spacial score (nSPS) is 16.8. The van der Waals surface area contributed by atoms with E-state index < -0.39 is 5.60 Å². The van der Waals surface area contributed by atoms with E-state index in [1.807, 2.05) is 37.6 Å². The van der Waals surface area contributed by atoms with Crippen molar-refractivity contribution in [3.8, 4) is 22.6 Å². The third-order valence-corrected chi connectivity index (χ3v) is 9.45. The van der Waals surface area contributed by atoms with Crippen LogP contribution in [0.25, 0.3) is 21.9 Å². The fraction of sp³-hybridized carbons (Fsp3) is 0.605. The number of unbranched alkanes of at least 4 members (excludes halogenated alkanes) is 3. The number of likely N-dealkylation sites (tertiary alicyclic amines) is 2. The fourth-order valence-corrected chi connectivity index (χ4v) is 6.84. The molecule has 0 bridgehead atoms. The SMILES string of the molecule is CCCCCCn1cc(-c2cc(OC)c(CN3CCC(OC4CCN(C(=O)OC(C)(C)C)CC4)CC3)c(OC)c2)c2ccncc2c1=O. The van der Waals surface area contributed by atoms with Gasteiger partial charge in [-0.1, -0.05) is 26.2 Å². The molecule has 0 spiro atoms. The molecule has 2 aromatic heterocycles. The van der Waals surface area contributed by atoms with Crippen molar-refractivity contribution in [1.82, 2.24) is 19.4 Å². The molecule has 262 valence electrons. The van der Waals surface area contributed by atoms with Crippen LogP contribution in [0.2, 0.25) is 0 Å². The van der Waals surface area contributed by atoms with E-state index in [4.69, 9.17) is 18.9 Å². The molecule has 5 rings (SSSR count). The van der Waals surface area contributed by atoms with Crippen LogP contribution >= 0.6 is 0 Å². The quantitative estimate of drug-likeness (QED) is 0.191. The summed E-state index contributed by atoms with van der Waals surface area (Å²) in [5.41, 5.74) is 2.42. The Labute approximate surface area is 285 Å². The average Bonchev–Trinajstić information content (AvgIpc) is 3.08. The molecule has 48 heavy (non-hydrogen) atoms. The summed E-state index contributed by atoms with van der Waals surface area (Å²) in [5, 5.41) is 1.49. The van der Waals surface area contributed by atoms with Crippen molar-refractivity contribution in [2.75, 3.05) is 40.4 Å². The van der Waals surface area contributed by atoms with Gasteiger partial charge in [-0.3, -0.25) is 14.7 Å². The number of hydrogen-bond acceptors (Lipinski definition) is 8. The van der Waals surface area contributed by atoms with Gasteiger partial charge in [-0.15, -0.1) is 0 Å². The summed E-state index contributed by atoms with van der Waals surface area (Å²) in [4.78, 5) is 34.3. The number of benzene rings is 1. The van der Waals surface area contributed by atoms with Crippen LogP contribution in [0.15, 0.2) is 41.6 Å². The van der Waals surface area contributed by atoms with Crippen molar-refractivity contribution in [3.05, 3.63) is 52.7 Å². The van der Waals surface area contributed by atoms with E-state index >= 15 is 0 Å². The maximum Gasteiger partial charge on any atom is 0.410 e. The molecular formula is C38H54N4O6. The molecule has 0 atom stereocenters. The first-order valence-electron chi connectivity index (χ1n) is 17.7. The molecule has 0 saturated carbocycles. The average molecular weight is 663 g/mol. The Bertz CT molecular complexity index is 1560. The van der Waals surface area contributed by atoms with Crippen LogP contribution < -0.4 is 15.0 Å². The van der Waals surface area contributed by atoms with E-state index in [1.54, 1.807) is 31.5 Å². The van der Waals surface area contributed by atoms with Gasteiger partial charge in [-0.2, -0.15) is 0 Å². The van der Waals surface area contributed by atoms with Gasteiger partial charge < -0.3 is 28.4 Å². The number of nitrogens with zero attached hydrogens (tertiary/aromatic N) is 4. The number of ether oxygens (including phenoxy) is 4. The van der Waals surface area contributed by atoms with Gasteiger partial charge in [0.1, 0.15) is 17.1 Å². The largest absolute Gasteiger partial charge is 0.496 e. The Kier molecular flexibility index (Phi) is 12.0. The van der Waals surface area contributed by atoms with Gasteiger partial charge in [0.2, 0.25) is 0 Å². The Morgan fingerprint density at radius 2 is 1.56 bits per heavy atom. The van der Waals surface area contributed by atoms with Gasteiger partial charge in [0.15, 0.2) is 0 Å². The number of carbonyl (C=O) groups is 1. The number of methoxy groups -OCH3 is 2. The number of piperidine rings is 2. The molecule has 3 aromatic rings. The highest BCUT2D eigenvalue weighted by atomic mass is 16.6. The third-order valence-electron chi connectivity index (χ3n) is 9.45. The monoisotopic (exact) mass is 662 g/mol. The summed E-state index contributed by atoms with van der Waals surface area (Å²) in [6.07, 6.45) is 13.5. The van der Waals surface area contributed by atoms with E-state index in [9.17, 15) is 9.59 Å². The van der Waals surface area contributed by atoms with Crippen LogP contribution in [0.3, 0.4) is 0 Å². The van der Waals surface area contributed by atoms with Crippen molar-refractivity contribution in [3.63, 3.8) is 0 Å². The van der Waals surface area contributed by atoms with Gasteiger partial charge in [-0.05, 0) is 82.0 Å². The van der Waals surface area contributed by atoms with Crippen molar-refractivity contribution in [2.45, 2.75) is 110 Å². The lowest BCUT2D eigenvalue weighted by Gasteiger charge is -2.37. The molecular weight excluding hydrogens is 608 g/mol. The predicted octanol–water partition coefficient (Wildman–Crippen LogP) is 7.04. The first-order chi connectivity index (χ1) is 23.1. The zero-order valence-corrected chi connectivity index (χ0v) is 29.8. The summed E-state index contributed by atoms with van der Waals surface area (Å²) in [6, 6.07) is 6.05. The summed E-state index contributed by atoms with van der Waals surface area (Å²) in [5.74, 6) is 1.53. The summed E-state index contributed by atoms with van der Waals surface area (Å²) < 4.78 is 25.8. The summed E-state index contributed by atoms with van der Waals surface area (Å²) >= 11 is 0. The molecule has 0 aliphatic carbocycles. The van der Waals surface area contributed by atoms with Crippen molar-refractivity contribution in [1.29, 1.82) is 0 Å². The maximum absolute atomic E-state index is 13.4. The Hall–Kier alpha value is -3.63. The van der Waals surface area contributed by atoms with Gasteiger partial charge in [0.05, 0.1) is 37.4 Å². The third kappa shape index (κ3) is 8.88. The number of rotatable bonds is 12. The lowest BCUT2D eigenvalue weighted by atomic mass is 9.98. The van der Waals surface area contributed by atoms with E-state index in [0.29, 0.717) is 31.6 Å². The highest BCUT2D eigenvalue weighted by molar-refractivity contribution is 5.95. The van der Waals surface area contributed by atoms with E-state index in [1.165, 1.54) is 0 Å². The van der Waals surface area contributed by atoms with Crippen molar-refractivity contribution in [2.24, 2.45) is 0 Å². The number of carbonyl (C=O) groups excluding carboxylic acids is 1. The Morgan fingerprint density at radius 3 is 2.17 bits per heavy atom. The summed E-state index contributed by atoms with van der Waals surface area (Å²) in [6.45, 7) is 12.4. The summed E-state index contributed by atoms with van der Waals surface area (Å²) in [7, 11) is 3.40. The number of aryl methyl sites for hydroxylation is 1. The second-order valence-corrected chi connectivity index (χ2v) is 14.2. The molecule has 0 radical (unpaired) electrons. The van der Waals surface area contributed by atoms with Crippen LogP contribution in [-0.4, -0.2) is 83.7 Å². The minimum absolute atomic E-state index is 0.00691. The number of aromatic nitrogens is 2. The van der Waals surface area contributed by atoms with Gasteiger partial charge in [0, 0.05) is 63.4 Å². The molecule has 0 N–H and O–H groups in total. The predicted molar refractivity (Wildman–Crippen MR) is 189 cm³/mol. The van der Waals surface area contributed by atoms with Crippen LogP contribution in [0, 0.1) is 0 Å². The lowest BCUT2D eigenvalue weighted by molar-refractivity contribution is -0.0669. The molecule has 2 aliphatic heterocycles. The number of fused-ring (bicyclic) bond motifs is 1. The minimum Gasteiger partial charge on any atom is -0.496 e. The second kappa shape index (κ2) is 16.2. The van der Waals surface area contributed by atoms with Crippen molar-refractivity contribution < 1.29 is 23.7 Å². The maximum atomic E-state index is 13.4. The van der Waals surface area contributed by atoms with Crippen LogP contribution in [0.5, 0.6) is 11.5 Å². The van der Waals surface area contributed by atoms with E-state index in [2.05, 4.69) is 28.9 Å². The highest BCUT2D eigenvalue weighted by Gasteiger charge is 2.30. The van der Waals surface area contributed by atoms with Gasteiger partial charge in [0.25, 0.3) is 5.56 Å². The first kappa shape index (κ1) is 35.7. The Morgan fingerprint density at radius 1 is 0.917 bits per heavy atom. The molecule has 10 nitrogen and oxygen atoms in total. The molecule has 1 amide bonds. The van der Waals surface area contributed by atoms with Gasteiger partial charge >= 0.3 is 6.09 Å². The zero-order valence-electron chi connectivity index (χ0n) is 29.8. The number of amides is 1. The van der Waals surface area contributed by atoms with Gasteiger partial charge in [-0.25, -0.2) is 4.79 Å². The van der Waals surface area contributed by atoms with E-state index in [-0.39, 0.29) is 23.9 Å². The molecule has 0 unspecified atom stereocenters. The van der Waals surface area contributed by atoms with Crippen LogP contribution in [-0.2, 0) is 22.6 Å². The molecule has 2 fully saturated rings. The molecule has 2 saturated heterocycles.